The van der Waals surface area contributed by atoms with Crippen molar-refractivity contribution in [2.24, 2.45) is 0 Å². The first kappa shape index (κ1) is 29.6. The summed E-state index contributed by atoms with van der Waals surface area (Å²) in [5, 5.41) is 14.5. The Kier molecular flexibility index (Phi) is 7.84. The van der Waals surface area contributed by atoms with E-state index in [1.54, 1.807) is 22.9 Å². The van der Waals surface area contributed by atoms with Gasteiger partial charge in [-0.3, -0.25) is 8.99 Å². The van der Waals surface area contributed by atoms with Gasteiger partial charge in [-0.15, -0.1) is 0 Å². The van der Waals surface area contributed by atoms with Crippen LogP contribution >= 0.6 is 0 Å². The predicted octanol–water partition coefficient (Wildman–Crippen LogP) is 5.68. The van der Waals surface area contributed by atoms with E-state index >= 15 is 0 Å². The van der Waals surface area contributed by atoms with Crippen LogP contribution in [-0.4, -0.2) is 42.2 Å². The van der Waals surface area contributed by atoms with Crippen LogP contribution in [0, 0.1) is 11.6 Å². The standard InChI is InChI=1S/C29H25F6N3O3S/c30-18-28(39,29(33,34)35)21-4-12-27-20(15-21)3-9-25(38(27)42(40,41)26-10-7-23(32)8-11-26)16-24-13-14-36-37(24)17-19-1-5-22(31)6-2-19/h1-2,4-8,10-15,25,39H,3,9,16-18H2/t25-,28?/m0/s1. The van der Waals surface area contributed by atoms with Crippen molar-refractivity contribution in [1.82, 2.24) is 9.78 Å². The maximum Gasteiger partial charge on any atom is 0.424 e. The van der Waals surface area contributed by atoms with Gasteiger partial charge in [-0.2, -0.15) is 18.3 Å². The second-order valence-electron chi connectivity index (χ2n) is 10.1. The third-order valence-corrected chi connectivity index (χ3v) is 9.28. The molecule has 6 nitrogen and oxygen atoms in total. The van der Waals surface area contributed by atoms with Gasteiger partial charge in [0.25, 0.3) is 10.0 Å². The molecular weight excluding hydrogens is 584 g/mol. The van der Waals surface area contributed by atoms with Crippen LogP contribution in [0.25, 0.3) is 0 Å². The van der Waals surface area contributed by atoms with Crippen LogP contribution in [0.3, 0.4) is 0 Å². The molecule has 2 heterocycles. The maximum absolute atomic E-state index is 14.0. The summed E-state index contributed by atoms with van der Waals surface area (Å²) < 4.78 is 112. The van der Waals surface area contributed by atoms with Crippen LogP contribution in [0.5, 0.6) is 0 Å². The number of sulfonamides is 1. The minimum absolute atomic E-state index is 0.0623. The smallest absolute Gasteiger partial charge is 0.374 e. The number of nitrogens with zero attached hydrogens (tertiary/aromatic N) is 3. The fourth-order valence-corrected chi connectivity index (χ4v) is 6.84. The molecule has 0 spiro atoms. The molecule has 1 aliphatic rings. The Hall–Kier alpha value is -3.84. The van der Waals surface area contributed by atoms with Crippen LogP contribution in [-0.2, 0) is 35.0 Å². The molecule has 13 heteroatoms. The quantitative estimate of drug-likeness (QED) is 0.261. The van der Waals surface area contributed by atoms with Crippen LogP contribution in [0.15, 0.2) is 83.9 Å². The molecule has 0 fully saturated rings. The highest BCUT2D eigenvalue weighted by atomic mass is 32.2. The van der Waals surface area contributed by atoms with Gasteiger partial charge in [0.2, 0.25) is 5.60 Å². The number of aryl methyl sites for hydroxylation is 1. The number of alkyl halides is 4. The van der Waals surface area contributed by atoms with E-state index in [9.17, 15) is 39.9 Å². The Morgan fingerprint density at radius 1 is 0.929 bits per heavy atom. The normalized spacial score (nSPS) is 17.1. The summed E-state index contributed by atoms with van der Waals surface area (Å²) >= 11 is 0. The zero-order valence-electron chi connectivity index (χ0n) is 21.9. The summed E-state index contributed by atoms with van der Waals surface area (Å²) in [7, 11) is -4.37. The summed E-state index contributed by atoms with van der Waals surface area (Å²) in [6, 6.07) is 13.9. The molecule has 0 bridgehead atoms. The fraction of sp³-hybridized carbons (Fsp3) is 0.276. The Bertz CT molecular complexity index is 1670. The van der Waals surface area contributed by atoms with Crippen molar-refractivity contribution in [3.8, 4) is 0 Å². The molecule has 0 radical (unpaired) electrons. The number of hydrogen-bond acceptors (Lipinski definition) is 4. The number of aliphatic hydroxyl groups is 1. The van der Waals surface area contributed by atoms with Gasteiger partial charge in [0.05, 0.1) is 23.2 Å². The number of halogens is 6. The third-order valence-electron chi connectivity index (χ3n) is 7.40. The summed E-state index contributed by atoms with van der Waals surface area (Å²) in [5.74, 6) is -1.05. The van der Waals surface area contributed by atoms with Crippen molar-refractivity contribution in [3.05, 3.63) is 113 Å². The van der Waals surface area contributed by atoms with Crippen molar-refractivity contribution in [2.75, 3.05) is 11.0 Å². The molecule has 1 aromatic heterocycles. The fourth-order valence-electron chi connectivity index (χ4n) is 5.12. The molecule has 1 unspecified atom stereocenters. The van der Waals surface area contributed by atoms with E-state index in [1.165, 1.54) is 18.3 Å². The molecule has 1 aliphatic heterocycles. The first-order valence-electron chi connectivity index (χ1n) is 12.9. The van der Waals surface area contributed by atoms with Crippen LogP contribution < -0.4 is 4.31 Å². The molecular formula is C29H25F6N3O3S. The van der Waals surface area contributed by atoms with Crippen molar-refractivity contribution in [2.45, 2.75) is 48.5 Å². The number of hydrogen-bond donors (Lipinski definition) is 1. The highest BCUT2D eigenvalue weighted by Gasteiger charge is 2.55. The van der Waals surface area contributed by atoms with Crippen molar-refractivity contribution < 1.29 is 39.9 Å². The summed E-state index contributed by atoms with van der Waals surface area (Å²) in [6.45, 7) is -1.84. The van der Waals surface area contributed by atoms with Crippen LogP contribution in [0.1, 0.15) is 28.8 Å². The van der Waals surface area contributed by atoms with Crippen LogP contribution in [0.4, 0.5) is 32.0 Å². The average molecular weight is 610 g/mol. The maximum atomic E-state index is 14.0. The molecule has 42 heavy (non-hydrogen) atoms. The van der Waals surface area contributed by atoms with Crippen molar-refractivity contribution in [3.63, 3.8) is 0 Å². The van der Waals surface area contributed by atoms with Gasteiger partial charge in [0.15, 0.2) is 0 Å². The largest absolute Gasteiger partial charge is 0.424 e. The Labute approximate surface area is 237 Å². The lowest BCUT2D eigenvalue weighted by atomic mass is 9.88. The van der Waals surface area contributed by atoms with Crippen LogP contribution in [0.2, 0.25) is 0 Å². The van der Waals surface area contributed by atoms with E-state index in [0.717, 1.165) is 52.3 Å². The van der Waals surface area contributed by atoms with Gasteiger partial charge in [0, 0.05) is 18.3 Å². The van der Waals surface area contributed by atoms with E-state index in [0.29, 0.717) is 5.69 Å². The molecule has 0 saturated carbocycles. The molecule has 3 aromatic carbocycles. The van der Waals surface area contributed by atoms with Crippen molar-refractivity contribution >= 4 is 15.7 Å². The highest BCUT2D eigenvalue weighted by molar-refractivity contribution is 7.92. The number of anilines is 1. The topological polar surface area (TPSA) is 75.4 Å². The molecule has 4 aromatic rings. The first-order valence-corrected chi connectivity index (χ1v) is 14.3. The second kappa shape index (κ2) is 11.1. The minimum Gasteiger partial charge on any atom is -0.374 e. The van der Waals surface area contributed by atoms with Crippen molar-refractivity contribution in [1.29, 1.82) is 0 Å². The third kappa shape index (κ3) is 5.50. The lowest BCUT2D eigenvalue weighted by Crippen LogP contribution is -2.46. The summed E-state index contributed by atoms with van der Waals surface area (Å²) in [4.78, 5) is -0.235. The first-order chi connectivity index (χ1) is 19.8. The predicted molar refractivity (Wildman–Crippen MR) is 142 cm³/mol. The van der Waals surface area contributed by atoms with E-state index in [-0.39, 0.29) is 42.0 Å². The van der Waals surface area contributed by atoms with Gasteiger partial charge in [-0.25, -0.2) is 21.6 Å². The number of benzene rings is 3. The lowest BCUT2D eigenvalue weighted by molar-refractivity contribution is -0.271. The van der Waals surface area contributed by atoms with E-state index in [4.69, 9.17) is 0 Å². The van der Waals surface area contributed by atoms with E-state index < -0.39 is 51.7 Å². The number of rotatable bonds is 8. The zero-order chi connectivity index (χ0) is 30.3. The zero-order valence-corrected chi connectivity index (χ0v) is 22.7. The minimum atomic E-state index is -5.31. The SMILES string of the molecule is O=S(=O)(c1ccc(F)cc1)N1c2ccc(C(O)(CF)C(F)(F)F)cc2CC[C@H]1Cc1ccnn1Cc1ccc(F)cc1. The second-order valence-corrected chi connectivity index (χ2v) is 11.9. The van der Waals surface area contributed by atoms with E-state index in [2.05, 4.69) is 5.10 Å². The molecule has 0 saturated heterocycles. The molecule has 0 amide bonds. The average Bonchev–Trinajstić information content (AvgIpc) is 3.39. The Morgan fingerprint density at radius 3 is 2.19 bits per heavy atom. The Balaban J connectivity index is 1.55. The molecule has 2 atom stereocenters. The Morgan fingerprint density at radius 2 is 1.57 bits per heavy atom. The lowest BCUT2D eigenvalue weighted by Gasteiger charge is -2.39. The van der Waals surface area contributed by atoms with Gasteiger partial charge in [-0.1, -0.05) is 24.3 Å². The van der Waals surface area contributed by atoms with Gasteiger partial charge < -0.3 is 5.11 Å². The molecule has 1 N–H and O–H groups in total. The number of aromatic nitrogens is 2. The molecule has 222 valence electrons. The molecule has 0 aliphatic carbocycles. The van der Waals surface area contributed by atoms with Gasteiger partial charge in [-0.05, 0) is 78.1 Å². The summed E-state index contributed by atoms with van der Waals surface area (Å²) in [5.41, 5.74) is -2.87. The number of fused-ring (bicyclic) bond motifs is 1. The monoisotopic (exact) mass is 609 g/mol. The van der Waals surface area contributed by atoms with E-state index in [1.807, 2.05) is 0 Å². The summed E-state index contributed by atoms with van der Waals surface area (Å²) in [6.07, 6.45) is -3.32. The van der Waals surface area contributed by atoms with Gasteiger partial charge in [0.1, 0.15) is 18.3 Å². The van der Waals surface area contributed by atoms with Gasteiger partial charge >= 0.3 is 6.18 Å². The molecule has 5 rings (SSSR count). The highest BCUT2D eigenvalue weighted by Crippen LogP contribution is 2.43.